The second kappa shape index (κ2) is 7.57. The number of anilines is 2. The van der Waals surface area contributed by atoms with Crippen molar-refractivity contribution in [1.29, 1.82) is 0 Å². The summed E-state index contributed by atoms with van der Waals surface area (Å²) in [5.74, 6) is 0.443. The van der Waals surface area contributed by atoms with Crippen molar-refractivity contribution in [2.45, 2.75) is 19.5 Å². The number of carbonyl (C=O) groups excluding carboxylic acids is 1. The van der Waals surface area contributed by atoms with Crippen molar-refractivity contribution in [2.24, 2.45) is 0 Å². The first kappa shape index (κ1) is 18.8. The number of fused-ring (bicyclic) bond motifs is 2. The second-order valence-corrected chi connectivity index (χ2v) is 8.07. The SMILES string of the molecule is CN1CCN(c2ccc(CN3C(=O)CCn4c3nc3ccccc3c4=O)cc2)CC1. The number of likely N-dealkylation sites (N-methyl/N-ethyl adjacent to an activating group) is 1. The number of piperazine rings is 1. The van der Waals surface area contributed by atoms with Crippen LogP contribution < -0.4 is 15.4 Å². The van der Waals surface area contributed by atoms with Gasteiger partial charge in [-0.05, 0) is 36.9 Å². The summed E-state index contributed by atoms with van der Waals surface area (Å²) in [6, 6.07) is 15.7. The van der Waals surface area contributed by atoms with Crippen LogP contribution in [-0.4, -0.2) is 53.6 Å². The highest BCUT2D eigenvalue weighted by molar-refractivity contribution is 5.94. The molecule has 3 heterocycles. The lowest BCUT2D eigenvalue weighted by atomic mass is 10.1. The van der Waals surface area contributed by atoms with Crippen molar-refractivity contribution >= 4 is 28.4 Å². The molecule has 0 N–H and O–H groups in total. The summed E-state index contributed by atoms with van der Waals surface area (Å²) in [5, 5.41) is 0.590. The summed E-state index contributed by atoms with van der Waals surface area (Å²) >= 11 is 0. The molecule has 0 spiro atoms. The van der Waals surface area contributed by atoms with Gasteiger partial charge in [-0.15, -0.1) is 0 Å². The van der Waals surface area contributed by atoms with Crippen molar-refractivity contribution in [2.75, 3.05) is 43.0 Å². The fourth-order valence-electron chi connectivity index (χ4n) is 4.24. The third-order valence-corrected chi connectivity index (χ3v) is 6.08. The Morgan fingerprint density at radius 1 is 0.900 bits per heavy atom. The molecule has 1 saturated heterocycles. The van der Waals surface area contributed by atoms with Crippen LogP contribution >= 0.6 is 0 Å². The van der Waals surface area contributed by atoms with Gasteiger partial charge in [0, 0.05) is 44.8 Å². The predicted molar refractivity (Wildman–Crippen MR) is 118 cm³/mol. The standard InChI is InChI=1S/C23H25N5O2/c1-25-12-14-26(15-13-25)18-8-6-17(7-9-18)16-28-21(29)10-11-27-22(30)19-4-2-3-5-20(19)24-23(27)28/h2-9H,10-16H2,1H3. The van der Waals surface area contributed by atoms with Crippen LogP contribution in [0.5, 0.6) is 0 Å². The Balaban J connectivity index is 1.43. The van der Waals surface area contributed by atoms with Crippen LogP contribution in [0, 0.1) is 0 Å². The average molecular weight is 403 g/mol. The molecule has 7 nitrogen and oxygen atoms in total. The van der Waals surface area contributed by atoms with E-state index in [9.17, 15) is 9.59 Å². The normalized spacial score (nSPS) is 17.4. The van der Waals surface area contributed by atoms with Gasteiger partial charge in [-0.3, -0.25) is 19.1 Å². The van der Waals surface area contributed by atoms with Crippen LogP contribution in [0.3, 0.4) is 0 Å². The van der Waals surface area contributed by atoms with Crippen molar-refractivity contribution in [3.63, 3.8) is 0 Å². The van der Waals surface area contributed by atoms with Crippen molar-refractivity contribution < 1.29 is 4.79 Å². The predicted octanol–water partition coefficient (Wildman–Crippen LogP) is 2.09. The van der Waals surface area contributed by atoms with Gasteiger partial charge in [-0.1, -0.05) is 24.3 Å². The van der Waals surface area contributed by atoms with E-state index in [1.165, 1.54) is 5.69 Å². The van der Waals surface area contributed by atoms with E-state index in [0.717, 1.165) is 31.7 Å². The molecule has 0 atom stereocenters. The maximum Gasteiger partial charge on any atom is 0.262 e. The fourth-order valence-corrected chi connectivity index (χ4v) is 4.24. The van der Waals surface area contributed by atoms with Crippen LogP contribution in [0.4, 0.5) is 11.6 Å². The summed E-state index contributed by atoms with van der Waals surface area (Å²) in [7, 11) is 2.15. The molecule has 0 aliphatic carbocycles. The maximum atomic E-state index is 12.9. The molecule has 2 aliphatic heterocycles. The first-order valence-electron chi connectivity index (χ1n) is 10.4. The van der Waals surface area contributed by atoms with E-state index >= 15 is 0 Å². The third kappa shape index (κ3) is 3.35. The van der Waals surface area contributed by atoms with E-state index < -0.39 is 0 Å². The number of hydrogen-bond donors (Lipinski definition) is 0. The topological polar surface area (TPSA) is 61.7 Å². The molecule has 7 heteroatoms. The lowest BCUT2D eigenvalue weighted by Gasteiger charge is -2.34. The molecule has 2 aliphatic rings. The van der Waals surface area contributed by atoms with Crippen LogP contribution in [-0.2, 0) is 17.9 Å². The highest BCUT2D eigenvalue weighted by Crippen LogP contribution is 2.24. The van der Waals surface area contributed by atoms with Gasteiger partial charge in [0.25, 0.3) is 5.56 Å². The van der Waals surface area contributed by atoms with Crippen LogP contribution in [0.25, 0.3) is 10.9 Å². The molecule has 1 fully saturated rings. The summed E-state index contributed by atoms with van der Waals surface area (Å²) in [6.45, 7) is 4.96. The highest BCUT2D eigenvalue weighted by Gasteiger charge is 2.27. The summed E-state index contributed by atoms with van der Waals surface area (Å²) in [6.07, 6.45) is 0.312. The van der Waals surface area contributed by atoms with Gasteiger partial charge in [-0.25, -0.2) is 4.98 Å². The number of hydrogen-bond acceptors (Lipinski definition) is 5. The molecule has 1 amide bonds. The molecular formula is C23H25N5O2. The monoisotopic (exact) mass is 403 g/mol. The van der Waals surface area contributed by atoms with E-state index in [-0.39, 0.29) is 11.5 Å². The minimum absolute atomic E-state index is 0.000301. The molecule has 0 unspecified atom stereocenters. The smallest absolute Gasteiger partial charge is 0.262 e. The van der Waals surface area contributed by atoms with Gasteiger partial charge < -0.3 is 9.80 Å². The number of para-hydroxylation sites is 1. The van der Waals surface area contributed by atoms with Gasteiger partial charge in [0.05, 0.1) is 17.4 Å². The summed E-state index contributed by atoms with van der Waals surface area (Å²) < 4.78 is 1.63. The Labute approximate surface area is 175 Å². The number of rotatable bonds is 3. The number of aromatic nitrogens is 2. The molecule has 3 aromatic rings. The van der Waals surface area contributed by atoms with Gasteiger partial charge in [0.15, 0.2) is 0 Å². The molecule has 0 bridgehead atoms. The quantitative estimate of drug-likeness (QED) is 0.670. The molecule has 1 aromatic heterocycles. The number of carbonyl (C=O) groups is 1. The summed E-state index contributed by atoms with van der Waals surface area (Å²) in [4.78, 5) is 36.6. The molecule has 30 heavy (non-hydrogen) atoms. The Morgan fingerprint density at radius 3 is 2.40 bits per heavy atom. The Morgan fingerprint density at radius 2 is 1.63 bits per heavy atom. The van der Waals surface area contributed by atoms with Gasteiger partial charge >= 0.3 is 0 Å². The Bertz CT molecular complexity index is 1150. The molecule has 0 saturated carbocycles. The molecule has 154 valence electrons. The zero-order chi connectivity index (χ0) is 20.7. The number of benzene rings is 2. The second-order valence-electron chi connectivity index (χ2n) is 8.07. The van der Waals surface area contributed by atoms with Crippen molar-refractivity contribution in [3.05, 3.63) is 64.4 Å². The molecular weight excluding hydrogens is 378 g/mol. The number of amides is 1. The molecule has 5 rings (SSSR count). The first-order chi connectivity index (χ1) is 14.6. The number of nitrogens with zero attached hydrogens (tertiary/aromatic N) is 5. The van der Waals surface area contributed by atoms with E-state index in [2.05, 4.69) is 46.1 Å². The van der Waals surface area contributed by atoms with Crippen LogP contribution in [0.15, 0.2) is 53.3 Å². The van der Waals surface area contributed by atoms with Crippen LogP contribution in [0.2, 0.25) is 0 Å². The highest BCUT2D eigenvalue weighted by atomic mass is 16.2. The van der Waals surface area contributed by atoms with Gasteiger partial charge in [-0.2, -0.15) is 0 Å². The Kier molecular flexibility index (Phi) is 4.75. The largest absolute Gasteiger partial charge is 0.369 e. The maximum absolute atomic E-state index is 12.9. The van der Waals surface area contributed by atoms with E-state index in [1.807, 2.05) is 18.2 Å². The van der Waals surface area contributed by atoms with Gasteiger partial charge in [0.2, 0.25) is 11.9 Å². The van der Waals surface area contributed by atoms with E-state index in [1.54, 1.807) is 15.5 Å². The zero-order valence-corrected chi connectivity index (χ0v) is 17.1. The van der Waals surface area contributed by atoms with Crippen LogP contribution in [0.1, 0.15) is 12.0 Å². The first-order valence-corrected chi connectivity index (χ1v) is 10.4. The van der Waals surface area contributed by atoms with E-state index in [4.69, 9.17) is 0 Å². The summed E-state index contributed by atoms with van der Waals surface area (Å²) in [5.41, 5.74) is 2.77. The minimum atomic E-state index is -0.0847. The lowest BCUT2D eigenvalue weighted by Crippen LogP contribution is -2.44. The third-order valence-electron chi connectivity index (χ3n) is 6.08. The minimum Gasteiger partial charge on any atom is -0.369 e. The van der Waals surface area contributed by atoms with Crippen molar-refractivity contribution in [3.8, 4) is 0 Å². The lowest BCUT2D eigenvalue weighted by molar-refractivity contribution is -0.119. The zero-order valence-electron chi connectivity index (χ0n) is 17.1. The molecule has 0 radical (unpaired) electrons. The fraction of sp³-hybridized carbons (Fsp3) is 0.348. The molecule has 2 aromatic carbocycles. The van der Waals surface area contributed by atoms with Gasteiger partial charge in [0.1, 0.15) is 0 Å². The van der Waals surface area contributed by atoms with E-state index in [0.29, 0.717) is 36.4 Å². The van der Waals surface area contributed by atoms with Crippen molar-refractivity contribution in [1.82, 2.24) is 14.5 Å². The average Bonchev–Trinajstić information content (AvgIpc) is 2.77. The Hall–Kier alpha value is -3.19.